The number of non-ortho nitro benzene ring substituents is 1. The minimum atomic E-state index is -0.542. The minimum Gasteiger partial charge on any atom is -0.444 e. The van der Waals surface area contributed by atoms with Gasteiger partial charge < -0.3 is 10.1 Å². The van der Waals surface area contributed by atoms with E-state index >= 15 is 0 Å². The molecule has 2 N–H and O–H groups in total. The molecule has 1 aromatic heterocycles. The summed E-state index contributed by atoms with van der Waals surface area (Å²) >= 11 is 0. The number of nitrogens with zero attached hydrogens (tertiary/aromatic N) is 2. The molecule has 0 bridgehead atoms. The molecule has 0 atom stereocenters. The third kappa shape index (κ3) is 4.46. The maximum atomic E-state index is 11.5. The zero-order valence-electron chi connectivity index (χ0n) is 13.7. The number of carbonyl (C=O) groups is 1. The summed E-state index contributed by atoms with van der Waals surface area (Å²) in [6, 6.07) is 4.70. The molecular weight excluding hydrogens is 312 g/mol. The third-order valence-corrected chi connectivity index (χ3v) is 2.89. The maximum absolute atomic E-state index is 11.5. The molecule has 8 heteroatoms. The van der Waals surface area contributed by atoms with Crippen LogP contribution in [0.3, 0.4) is 0 Å². The number of aromatic amines is 1. The van der Waals surface area contributed by atoms with Crippen molar-refractivity contribution in [3.63, 3.8) is 0 Å². The maximum Gasteiger partial charge on any atom is 0.407 e. The fourth-order valence-corrected chi connectivity index (χ4v) is 1.96. The first-order chi connectivity index (χ1) is 11.3. The van der Waals surface area contributed by atoms with Gasteiger partial charge in [-0.1, -0.05) is 12.0 Å². The van der Waals surface area contributed by atoms with Gasteiger partial charge in [0.25, 0.3) is 5.69 Å². The van der Waals surface area contributed by atoms with Crippen molar-refractivity contribution in [2.24, 2.45) is 0 Å². The van der Waals surface area contributed by atoms with Crippen LogP contribution in [0.4, 0.5) is 10.5 Å². The number of fused-ring (bicyclic) bond motifs is 1. The Kier molecular flexibility index (Phi) is 5.04. The van der Waals surface area contributed by atoms with Crippen molar-refractivity contribution < 1.29 is 14.5 Å². The minimum absolute atomic E-state index is 0.0663. The fourth-order valence-electron chi connectivity index (χ4n) is 1.96. The summed E-state index contributed by atoms with van der Waals surface area (Å²) in [6.45, 7) is 5.70. The number of benzene rings is 1. The Hall–Kier alpha value is -3.08. The Morgan fingerprint density at radius 2 is 2.21 bits per heavy atom. The van der Waals surface area contributed by atoms with Gasteiger partial charge in [0.2, 0.25) is 0 Å². The van der Waals surface area contributed by atoms with Gasteiger partial charge in [0.15, 0.2) is 5.52 Å². The highest BCUT2D eigenvalue weighted by Crippen LogP contribution is 2.24. The van der Waals surface area contributed by atoms with Crippen LogP contribution in [0.5, 0.6) is 0 Å². The molecule has 1 heterocycles. The first-order valence-electron chi connectivity index (χ1n) is 7.35. The zero-order valence-corrected chi connectivity index (χ0v) is 13.7. The average Bonchev–Trinajstić information content (AvgIpc) is 2.88. The van der Waals surface area contributed by atoms with Crippen molar-refractivity contribution in [2.45, 2.75) is 32.8 Å². The predicted molar refractivity (Wildman–Crippen MR) is 88.5 cm³/mol. The predicted octanol–water partition coefficient (Wildman–Crippen LogP) is 2.74. The van der Waals surface area contributed by atoms with Crippen molar-refractivity contribution in [3.05, 3.63) is 34.0 Å². The highest BCUT2D eigenvalue weighted by Gasteiger charge is 2.16. The Morgan fingerprint density at radius 1 is 1.46 bits per heavy atom. The lowest BCUT2D eigenvalue weighted by Gasteiger charge is -2.19. The van der Waals surface area contributed by atoms with Gasteiger partial charge in [0.1, 0.15) is 11.3 Å². The van der Waals surface area contributed by atoms with Gasteiger partial charge in [0, 0.05) is 24.4 Å². The summed E-state index contributed by atoms with van der Waals surface area (Å²) in [5.41, 5.74) is 0.173. The van der Waals surface area contributed by atoms with Crippen LogP contribution in [0.1, 0.15) is 32.9 Å². The number of nitro groups is 1. The van der Waals surface area contributed by atoms with E-state index in [2.05, 4.69) is 27.4 Å². The number of para-hydroxylation sites is 1. The number of nitro benzene ring substituents is 1. The second-order valence-corrected chi connectivity index (χ2v) is 6.01. The summed E-state index contributed by atoms with van der Waals surface area (Å²) in [5, 5.41) is 20.8. The van der Waals surface area contributed by atoms with Crippen LogP contribution in [-0.2, 0) is 4.74 Å². The number of ether oxygens (including phenoxy) is 1. The summed E-state index contributed by atoms with van der Waals surface area (Å²) in [4.78, 5) is 21.9. The zero-order chi connectivity index (χ0) is 17.7. The van der Waals surface area contributed by atoms with E-state index in [-0.39, 0.29) is 11.2 Å². The Bertz CT molecular complexity index is 824. The number of nitrogens with one attached hydrogen (secondary N) is 2. The third-order valence-electron chi connectivity index (χ3n) is 2.89. The summed E-state index contributed by atoms with van der Waals surface area (Å²) in [6.07, 6.45) is -0.0822. The lowest BCUT2D eigenvalue weighted by molar-refractivity contribution is -0.383. The van der Waals surface area contributed by atoms with Crippen molar-refractivity contribution >= 4 is 22.7 Å². The van der Waals surface area contributed by atoms with E-state index in [1.54, 1.807) is 32.9 Å². The van der Waals surface area contributed by atoms with Gasteiger partial charge in [-0.2, -0.15) is 5.10 Å². The van der Waals surface area contributed by atoms with Crippen LogP contribution >= 0.6 is 0 Å². The summed E-state index contributed by atoms with van der Waals surface area (Å²) < 4.78 is 5.11. The molecule has 1 aromatic carbocycles. The molecule has 2 rings (SSSR count). The van der Waals surface area contributed by atoms with Crippen molar-refractivity contribution in [2.75, 3.05) is 6.54 Å². The summed E-state index contributed by atoms with van der Waals surface area (Å²) in [5.74, 6) is 5.76. The summed E-state index contributed by atoms with van der Waals surface area (Å²) in [7, 11) is 0. The molecule has 0 unspecified atom stereocenters. The van der Waals surface area contributed by atoms with E-state index in [0.29, 0.717) is 24.0 Å². The number of hydrogen-bond donors (Lipinski definition) is 2. The van der Waals surface area contributed by atoms with E-state index in [1.807, 2.05) is 0 Å². The number of aromatic nitrogens is 2. The second kappa shape index (κ2) is 7.00. The number of rotatable bonds is 3. The molecular formula is C16H18N4O4. The second-order valence-electron chi connectivity index (χ2n) is 6.01. The van der Waals surface area contributed by atoms with E-state index in [1.165, 1.54) is 6.07 Å². The lowest BCUT2D eigenvalue weighted by atomic mass is 10.2. The Morgan fingerprint density at radius 3 is 2.88 bits per heavy atom. The molecule has 0 spiro atoms. The monoisotopic (exact) mass is 330 g/mol. The van der Waals surface area contributed by atoms with Crippen molar-refractivity contribution in [1.82, 2.24) is 15.5 Å². The smallest absolute Gasteiger partial charge is 0.407 e. The molecule has 8 nitrogen and oxygen atoms in total. The normalized spacial score (nSPS) is 10.8. The first-order valence-corrected chi connectivity index (χ1v) is 7.35. The van der Waals surface area contributed by atoms with Crippen LogP contribution in [0.2, 0.25) is 0 Å². The van der Waals surface area contributed by atoms with Crippen molar-refractivity contribution in [1.29, 1.82) is 0 Å². The number of hydrogen-bond acceptors (Lipinski definition) is 5. The molecule has 0 saturated carbocycles. The number of carbonyl (C=O) groups excluding carboxylic acids is 1. The highest BCUT2D eigenvalue weighted by atomic mass is 16.6. The topological polar surface area (TPSA) is 110 Å². The quantitative estimate of drug-likeness (QED) is 0.389. The number of H-pyrrole nitrogens is 1. The molecule has 0 aliphatic rings. The van der Waals surface area contributed by atoms with Gasteiger partial charge in [0.05, 0.1) is 4.92 Å². The lowest BCUT2D eigenvalue weighted by Crippen LogP contribution is -2.32. The molecule has 2 aromatic rings. The number of alkyl carbamates (subject to hydrolysis) is 1. The van der Waals surface area contributed by atoms with Crippen molar-refractivity contribution in [3.8, 4) is 11.8 Å². The van der Waals surface area contributed by atoms with E-state index < -0.39 is 16.6 Å². The van der Waals surface area contributed by atoms with E-state index in [9.17, 15) is 14.9 Å². The van der Waals surface area contributed by atoms with Gasteiger partial charge in [-0.25, -0.2) is 4.79 Å². The van der Waals surface area contributed by atoms with Crippen LogP contribution in [0.25, 0.3) is 10.9 Å². The fraction of sp³-hybridized carbons (Fsp3) is 0.375. The Labute approximate surface area is 138 Å². The van der Waals surface area contributed by atoms with Gasteiger partial charge in [-0.15, -0.1) is 0 Å². The van der Waals surface area contributed by atoms with Crippen LogP contribution < -0.4 is 5.32 Å². The van der Waals surface area contributed by atoms with Gasteiger partial charge in [-0.3, -0.25) is 15.2 Å². The first kappa shape index (κ1) is 17.3. The SMILES string of the molecule is CC(C)(C)OC(=O)NCCC#Cc1[nH]nc2c([N+](=O)[O-])cccc12. The van der Waals surface area contributed by atoms with Gasteiger partial charge >= 0.3 is 6.09 Å². The molecule has 0 saturated heterocycles. The van der Waals surface area contributed by atoms with E-state index in [4.69, 9.17) is 4.74 Å². The molecule has 0 aliphatic heterocycles. The molecule has 0 aliphatic carbocycles. The molecule has 24 heavy (non-hydrogen) atoms. The van der Waals surface area contributed by atoms with Crippen LogP contribution in [0.15, 0.2) is 18.2 Å². The van der Waals surface area contributed by atoms with Crippen LogP contribution in [-0.4, -0.2) is 33.4 Å². The average molecular weight is 330 g/mol. The molecule has 1 amide bonds. The standard InChI is InChI=1S/C16H18N4O4/c1-16(2,3)24-15(21)17-10-5-4-8-12-11-7-6-9-13(20(22)23)14(11)19-18-12/h6-7,9H,5,10H2,1-3H3,(H,17,21)(H,18,19). The van der Waals surface area contributed by atoms with Crippen LogP contribution in [0, 0.1) is 22.0 Å². The Balaban J connectivity index is 1.97. The number of amides is 1. The van der Waals surface area contributed by atoms with Gasteiger partial charge in [-0.05, 0) is 32.8 Å². The molecule has 0 radical (unpaired) electrons. The highest BCUT2D eigenvalue weighted by molar-refractivity contribution is 5.90. The van der Waals surface area contributed by atoms with E-state index in [0.717, 1.165) is 0 Å². The molecule has 0 fully saturated rings. The molecule has 126 valence electrons. The largest absolute Gasteiger partial charge is 0.444 e.